The van der Waals surface area contributed by atoms with E-state index in [1.54, 1.807) is 10.9 Å². The summed E-state index contributed by atoms with van der Waals surface area (Å²) in [6.45, 7) is 2.95. The molecule has 2 unspecified atom stereocenters. The lowest BCUT2D eigenvalue weighted by Gasteiger charge is -2.29. The summed E-state index contributed by atoms with van der Waals surface area (Å²) in [6, 6.07) is 8.62. The Morgan fingerprint density at radius 2 is 2.26 bits per heavy atom. The number of nitrogens with zero attached hydrogens (tertiary/aromatic N) is 3. The van der Waals surface area contributed by atoms with Gasteiger partial charge in [-0.15, -0.1) is 5.10 Å². The first-order valence-electron chi connectivity index (χ1n) is 6.67. The third kappa shape index (κ3) is 2.76. The third-order valence-corrected chi connectivity index (χ3v) is 3.42. The molecule has 1 fully saturated rings. The van der Waals surface area contributed by atoms with Crippen LogP contribution in [0.3, 0.4) is 0 Å². The largest absolute Gasteiger partial charge is 0.380 e. The molecule has 0 radical (unpaired) electrons. The van der Waals surface area contributed by atoms with Gasteiger partial charge in [-0.05, 0) is 31.9 Å². The Morgan fingerprint density at radius 3 is 3.05 bits per heavy atom. The van der Waals surface area contributed by atoms with Crippen molar-refractivity contribution in [3.8, 4) is 5.69 Å². The molecule has 0 bridgehead atoms. The Kier molecular flexibility index (Phi) is 3.46. The standard InChI is InChI=1S/C14H18N4O/c1-11-10-12(6-9-19-11)16-13-4-2-3-5-14(13)18-8-7-15-17-18/h2-5,7-8,11-12,16H,6,9-10H2,1H3. The molecule has 5 heteroatoms. The van der Waals surface area contributed by atoms with Gasteiger partial charge in [0, 0.05) is 12.6 Å². The molecule has 1 N–H and O–H groups in total. The molecule has 1 aromatic heterocycles. The van der Waals surface area contributed by atoms with Crippen LogP contribution in [-0.2, 0) is 4.74 Å². The van der Waals surface area contributed by atoms with Gasteiger partial charge in [0.05, 0.1) is 29.9 Å². The van der Waals surface area contributed by atoms with Crippen LogP contribution >= 0.6 is 0 Å². The second-order valence-corrected chi connectivity index (χ2v) is 4.91. The van der Waals surface area contributed by atoms with Gasteiger partial charge < -0.3 is 10.1 Å². The molecule has 5 nitrogen and oxygen atoms in total. The number of rotatable bonds is 3. The lowest BCUT2D eigenvalue weighted by atomic mass is 10.0. The summed E-state index contributed by atoms with van der Waals surface area (Å²) in [6.07, 6.45) is 5.94. The van der Waals surface area contributed by atoms with Crippen molar-refractivity contribution in [1.82, 2.24) is 15.0 Å². The third-order valence-electron chi connectivity index (χ3n) is 3.42. The highest BCUT2D eigenvalue weighted by Crippen LogP contribution is 2.23. The second kappa shape index (κ2) is 5.40. The molecular formula is C14H18N4O. The average Bonchev–Trinajstić information content (AvgIpc) is 2.93. The van der Waals surface area contributed by atoms with E-state index in [9.17, 15) is 0 Å². The molecule has 1 aliphatic rings. The van der Waals surface area contributed by atoms with Gasteiger partial charge in [0.1, 0.15) is 0 Å². The molecule has 3 rings (SSSR count). The number of hydrogen-bond donors (Lipinski definition) is 1. The molecule has 1 aromatic carbocycles. The molecule has 0 saturated carbocycles. The van der Waals surface area contributed by atoms with Crippen LogP contribution in [0.1, 0.15) is 19.8 Å². The van der Waals surface area contributed by atoms with Gasteiger partial charge in [-0.25, -0.2) is 4.68 Å². The fourth-order valence-electron chi connectivity index (χ4n) is 2.48. The Labute approximate surface area is 112 Å². The van der Waals surface area contributed by atoms with Crippen molar-refractivity contribution in [3.63, 3.8) is 0 Å². The molecule has 1 aliphatic heterocycles. The number of benzene rings is 1. The smallest absolute Gasteiger partial charge is 0.0894 e. The van der Waals surface area contributed by atoms with Gasteiger partial charge >= 0.3 is 0 Å². The molecule has 0 amide bonds. The fourth-order valence-corrected chi connectivity index (χ4v) is 2.48. The fraction of sp³-hybridized carbons (Fsp3) is 0.429. The molecule has 100 valence electrons. The summed E-state index contributed by atoms with van der Waals surface area (Å²) in [5, 5.41) is 11.5. The highest BCUT2D eigenvalue weighted by Gasteiger charge is 2.20. The van der Waals surface area contributed by atoms with Gasteiger partial charge in [0.15, 0.2) is 0 Å². The van der Waals surface area contributed by atoms with Crippen LogP contribution in [0.4, 0.5) is 5.69 Å². The second-order valence-electron chi connectivity index (χ2n) is 4.91. The van der Waals surface area contributed by atoms with Crippen molar-refractivity contribution in [3.05, 3.63) is 36.7 Å². The van der Waals surface area contributed by atoms with Crippen LogP contribution in [0, 0.1) is 0 Å². The van der Waals surface area contributed by atoms with E-state index in [4.69, 9.17) is 4.74 Å². The zero-order chi connectivity index (χ0) is 13.1. The van der Waals surface area contributed by atoms with E-state index >= 15 is 0 Å². The Balaban J connectivity index is 1.81. The maximum absolute atomic E-state index is 5.58. The number of hydrogen-bond acceptors (Lipinski definition) is 4. The quantitative estimate of drug-likeness (QED) is 0.917. The monoisotopic (exact) mass is 258 g/mol. The number of anilines is 1. The average molecular weight is 258 g/mol. The first-order valence-corrected chi connectivity index (χ1v) is 6.67. The minimum absolute atomic E-state index is 0.324. The van der Waals surface area contributed by atoms with E-state index in [2.05, 4.69) is 28.6 Å². The van der Waals surface area contributed by atoms with Crippen molar-refractivity contribution in [2.75, 3.05) is 11.9 Å². The minimum atomic E-state index is 0.324. The van der Waals surface area contributed by atoms with Crippen molar-refractivity contribution in [2.24, 2.45) is 0 Å². The minimum Gasteiger partial charge on any atom is -0.380 e. The van der Waals surface area contributed by atoms with Crippen LogP contribution in [0.25, 0.3) is 5.69 Å². The van der Waals surface area contributed by atoms with Crippen LogP contribution in [0.5, 0.6) is 0 Å². The predicted octanol–water partition coefficient (Wildman–Crippen LogP) is 2.25. The summed E-state index contributed by atoms with van der Waals surface area (Å²) in [5.41, 5.74) is 2.12. The summed E-state index contributed by atoms with van der Waals surface area (Å²) < 4.78 is 7.36. The van der Waals surface area contributed by atoms with Gasteiger partial charge in [-0.1, -0.05) is 17.3 Å². The molecule has 19 heavy (non-hydrogen) atoms. The summed E-state index contributed by atoms with van der Waals surface area (Å²) >= 11 is 0. The maximum atomic E-state index is 5.58. The first kappa shape index (κ1) is 12.2. The number of aromatic nitrogens is 3. The van der Waals surface area contributed by atoms with Crippen molar-refractivity contribution < 1.29 is 4.74 Å². The zero-order valence-electron chi connectivity index (χ0n) is 11.0. The van der Waals surface area contributed by atoms with E-state index in [1.807, 2.05) is 24.4 Å². The highest BCUT2D eigenvalue weighted by atomic mass is 16.5. The Morgan fingerprint density at radius 1 is 1.37 bits per heavy atom. The summed E-state index contributed by atoms with van der Waals surface area (Å²) in [4.78, 5) is 0. The molecule has 2 atom stereocenters. The van der Waals surface area contributed by atoms with Crippen LogP contribution in [0.2, 0.25) is 0 Å². The van der Waals surface area contributed by atoms with Gasteiger partial charge in [-0.2, -0.15) is 0 Å². The molecule has 0 aliphatic carbocycles. The van der Waals surface area contributed by atoms with Crippen LogP contribution in [0.15, 0.2) is 36.7 Å². The SMILES string of the molecule is CC1CC(Nc2ccccc2-n2ccnn2)CCO1. The van der Waals surface area contributed by atoms with Crippen LogP contribution in [-0.4, -0.2) is 33.7 Å². The van der Waals surface area contributed by atoms with Crippen LogP contribution < -0.4 is 5.32 Å². The van der Waals surface area contributed by atoms with Gasteiger partial charge in [0.2, 0.25) is 0 Å². The van der Waals surface area contributed by atoms with E-state index in [1.165, 1.54) is 0 Å². The molecule has 2 heterocycles. The molecule has 1 saturated heterocycles. The van der Waals surface area contributed by atoms with E-state index in [-0.39, 0.29) is 0 Å². The predicted molar refractivity (Wildman–Crippen MR) is 73.4 cm³/mol. The van der Waals surface area contributed by atoms with Crippen molar-refractivity contribution in [2.45, 2.75) is 31.9 Å². The van der Waals surface area contributed by atoms with Gasteiger partial charge in [0.25, 0.3) is 0 Å². The van der Waals surface area contributed by atoms with Crippen molar-refractivity contribution >= 4 is 5.69 Å². The van der Waals surface area contributed by atoms with Crippen molar-refractivity contribution in [1.29, 1.82) is 0 Å². The summed E-state index contributed by atoms with van der Waals surface area (Å²) in [7, 11) is 0. The molecule has 0 spiro atoms. The first-order chi connectivity index (χ1) is 9.33. The number of para-hydroxylation sites is 2. The zero-order valence-corrected chi connectivity index (χ0v) is 11.0. The normalized spacial score (nSPS) is 23.2. The summed E-state index contributed by atoms with van der Waals surface area (Å²) in [5.74, 6) is 0. The van der Waals surface area contributed by atoms with E-state index in [0.29, 0.717) is 12.1 Å². The highest BCUT2D eigenvalue weighted by molar-refractivity contribution is 5.60. The van der Waals surface area contributed by atoms with E-state index < -0.39 is 0 Å². The number of nitrogens with one attached hydrogen (secondary N) is 1. The lowest BCUT2D eigenvalue weighted by Crippen LogP contribution is -2.32. The Hall–Kier alpha value is -1.88. The molecule has 2 aromatic rings. The topological polar surface area (TPSA) is 52.0 Å². The Bertz CT molecular complexity index is 526. The van der Waals surface area contributed by atoms with Gasteiger partial charge in [-0.3, -0.25) is 0 Å². The van der Waals surface area contributed by atoms with E-state index in [0.717, 1.165) is 30.8 Å². The maximum Gasteiger partial charge on any atom is 0.0894 e. The lowest BCUT2D eigenvalue weighted by molar-refractivity contribution is 0.0232. The molecular weight excluding hydrogens is 240 g/mol. The number of ether oxygens (including phenoxy) is 1.